The summed E-state index contributed by atoms with van der Waals surface area (Å²) in [5, 5.41) is 10.7. The molecular formula is C18H17N3O6S. The van der Waals surface area contributed by atoms with Crippen LogP contribution in [-0.2, 0) is 14.3 Å². The largest absolute Gasteiger partial charge is 0.455 e. The van der Waals surface area contributed by atoms with Crippen LogP contribution in [0.5, 0.6) is 0 Å². The first-order valence-corrected chi connectivity index (χ1v) is 9.11. The van der Waals surface area contributed by atoms with Gasteiger partial charge in [0.2, 0.25) is 0 Å². The molecule has 9 nitrogen and oxygen atoms in total. The highest BCUT2D eigenvalue weighted by molar-refractivity contribution is 7.99. The number of carbonyl (C=O) groups is 3. The Kier molecular flexibility index (Phi) is 7.97. The lowest BCUT2D eigenvalue weighted by atomic mass is 10.2. The topological polar surface area (TPSA) is 128 Å². The van der Waals surface area contributed by atoms with Gasteiger partial charge in [-0.3, -0.25) is 35.3 Å². The van der Waals surface area contributed by atoms with Crippen molar-refractivity contribution in [1.29, 1.82) is 0 Å². The van der Waals surface area contributed by atoms with E-state index in [4.69, 9.17) is 4.74 Å². The monoisotopic (exact) mass is 403 g/mol. The highest BCUT2D eigenvalue weighted by atomic mass is 32.2. The van der Waals surface area contributed by atoms with Gasteiger partial charge in [0.1, 0.15) is 0 Å². The van der Waals surface area contributed by atoms with Crippen molar-refractivity contribution < 1.29 is 24.0 Å². The molecular weight excluding hydrogens is 386 g/mol. The van der Waals surface area contributed by atoms with Crippen LogP contribution in [0.1, 0.15) is 16.8 Å². The van der Waals surface area contributed by atoms with Crippen LogP contribution in [0.3, 0.4) is 0 Å². The number of nitrogens with zero attached hydrogens (tertiary/aromatic N) is 1. The summed E-state index contributed by atoms with van der Waals surface area (Å²) in [7, 11) is 0. The molecule has 2 amide bonds. The molecule has 0 saturated carbocycles. The van der Waals surface area contributed by atoms with Gasteiger partial charge in [0.25, 0.3) is 17.5 Å². The predicted molar refractivity (Wildman–Crippen MR) is 101 cm³/mol. The second kappa shape index (κ2) is 10.7. The van der Waals surface area contributed by atoms with Crippen molar-refractivity contribution >= 4 is 35.2 Å². The molecule has 0 aliphatic heterocycles. The quantitative estimate of drug-likeness (QED) is 0.299. The fraction of sp³-hybridized carbons (Fsp3) is 0.167. The first-order chi connectivity index (χ1) is 13.5. The molecule has 0 radical (unpaired) electrons. The summed E-state index contributed by atoms with van der Waals surface area (Å²) in [6.07, 6.45) is 0.132. The van der Waals surface area contributed by atoms with Crippen LogP contribution in [0.4, 0.5) is 5.69 Å². The number of hydrazine groups is 1. The third kappa shape index (κ3) is 7.08. The van der Waals surface area contributed by atoms with E-state index >= 15 is 0 Å². The standard InChI is InChI=1S/C18H17N3O6S/c22-16(12-27-17(23)9-10-28-15-7-2-1-3-8-15)19-20-18(24)13-5-4-6-14(11-13)21(25)26/h1-8,11H,9-10,12H2,(H,19,22)(H,20,24). The molecule has 10 heteroatoms. The third-order valence-corrected chi connectivity index (χ3v) is 4.33. The Morgan fingerprint density at radius 3 is 2.50 bits per heavy atom. The highest BCUT2D eigenvalue weighted by Gasteiger charge is 2.13. The minimum Gasteiger partial charge on any atom is -0.455 e. The number of rotatable bonds is 8. The zero-order chi connectivity index (χ0) is 20.4. The molecule has 146 valence electrons. The van der Waals surface area contributed by atoms with Crippen LogP contribution in [-0.4, -0.2) is 35.1 Å². The van der Waals surface area contributed by atoms with Crippen molar-refractivity contribution in [3.05, 3.63) is 70.3 Å². The molecule has 0 aliphatic carbocycles. The first kappa shape index (κ1) is 20.9. The first-order valence-electron chi connectivity index (χ1n) is 8.13. The molecule has 0 aliphatic rings. The number of carbonyl (C=O) groups excluding carboxylic acids is 3. The van der Waals surface area contributed by atoms with Gasteiger partial charge in [-0.15, -0.1) is 11.8 Å². The van der Waals surface area contributed by atoms with Crippen molar-refractivity contribution in [2.24, 2.45) is 0 Å². The number of hydrogen-bond acceptors (Lipinski definition) is 7. The second-order valence-corrected chi connectivity index (χ2v) is 6.55. The van der Waals surface area contributed by atoms with E-state index in [9.17, 15) is 24.5 Å². The summed E-state index contributed by atoms with van der Waals surface area (Å²) in [5.41, 5.74) is 3.93. The number of thioether (sulfide) groups is 1. The fourth-order valence-electron chi connectivity index (χ4n) is 1.98. The number of hydrogen-bond donors (Lipinski definition) is 2. The van der Waals surface area contributed by atoms with Crippen LogP contribution in [0.25, 0.3) is 0 Å². The maximum atomic E-state index is 11.9. The van der Waals surface area contributed by atoms with Gasteiger partial charge in [-0.25, -0.2) is 0 Å². The Morgan fingerprint density at radius 2 is 1.79 bits per heavy atom. The Balaban J connectivity index is 1.66. The minimum absolute atomic E-state index is 0.00410. The Morgan fingerprint density at radius 1 is 1.04 bits per heavy atom. The van der Waals surface area contributed by atoms with E-state index in [2.05, 4.69) is 10.9 Å². The second-order valence-electron chi connectivity index (χ2n) is 5.38. The van der Waals surface area contributed by atoms with Crippen LogP contribution in [0.15, 0.2) is 59.5 Å². The van der Waals surface area contributed by atoms with E-state index in [-0.39, 0.29) is 17.7 Å². The van der Waals surface area contributed by atoms with Gasteiger partial charge in [0, 0.05) is 28.3 Å². The van der Waals surface area contributed by atoms with Crippen LogP contribution >= 0.6 is 11.8 Å². The van der Waals surface area contributed by atoms with Gasteiger partial charge in [-0.2, -0.15) is 0 Å². The third-order valence-electron chi connectivity index (χ3n) is 3.32. The van der Waals surface area contributed by atoms with Crippen molar-refractivity contribution in [1.82, 2.24) is 10.9 Å². The lowest BCUT2D eigenvalue weighted by Gasteiger charge is -2.08. The van der Waals surface area contributed by atoms with E-state index < -0.39 is 29.3 Å². The molecule has 2 aromatic carbocycles. The van der Waals surface area contributed by atoms with Crippen molar-refractivity contribution in [2.45, 2.75) is 11.3 Å². The molecule has 0 aromatic heterocycles. The zero-order valence-corrected chi connectivity index (χ0v) is 15.4. The molecule has 2 aromatic rings. The Hall–Kier alpha value is -3.40. The summed E-state index contributed by atoms with van der Waals surface area (Å²) >= 11 is 1.49. The SMILES string of the molecule is O=C(COC(=O)CCSc1ccccc1)NNC(=O)c1cccc([N+](=O)[O-])c1. The van der Waals surface area contributed by atoms with Crippen LogP contribution < -0.4 is 10.9 Å². The Bertz CT molecular complexity index is 859. The van der Waals surface area contributed by atoms with Crippen molar-refractivity contribution in [3.63, 3.8) is 0 Å². The molecule has 2 N–H and O–H groups in total. The van der Waals surface area contributed by atoms with Crippen LogP contribution in [0.2, 0.25) is 0 Å². The van der Waals surface area contributed by atoms with Gasteiger partial charge in [0.05, 0.1) is 11.3 Å². The number of nitrogens with one attached hydrogen (secondary N) is 2. The predicted octanol–water partition coefficient (Wildman–Crippen LogP) is 2.08. The molecule has 28 heavy (non-hydrogen) atoms. The smallest absolute Gasteiger partial charge is 0.307 e. The molecule has 0 bridgehead atoms. The van der Waals surface area contributed by atoms with Crippen molar-refractivity contribution in [2.75, 3.05) is 12.4 Å². The van der Waals surface area contributed by atoms with E-state index in [1.165, 1.54) is 30.0 Å². The van der Waals surface area contributed by atoms with E-state index in [0.29, 0.717) is 5.75 Å². The summed E-state index contributed by atoms with van der Waals surface area (Å²) in [5.74, 6) is -1.50. The number of ether oxygens (including phenoxy) is 1. The number of nitro benzene ring substituents is 1. The number of esters is 1. The zero-order valence-electron chi connectivity index (χ0n) is 14.6. The summed E-state index contributed by atoms with van der Waals surface area (Å²) in [4.78, 5) is 46.2. The van der Waals surface area contributed by atoms with Gasteiger partial charge in [0.15, 0.2) is 6.61 Å². The fourth-order valence-corrected chi connectivity index (χ4v) is 2.84. The lowest BCUT2D eigenvalue weighted by molar-refractivity contribution is -0.384. The molecule has 0 spiro atoms. The number of non-ortho nitro benzene ring substituents is 1. The van der Waals surface area contributed by atoms with Gasteiger partial charge < -0.3 is 4.74 Å². The minimum atomic E-state index is -0.734. The molecule has 0 saturated heterocycles. The number of benzene rings is 2. The maximum absolute atomic E-state index is 11.9. The molecule has 0 fully saturated rings. The van der Waals surface area contributed by atoms with Crippen molar-refractivity contribution in [3.8, 4) is 0 Å². The summed E-state index contributed by atoms with van der Waals surface area (Å²) < 4.78 is 4.83. The molecule has 0 heterocycles. The number of nitro groups is 1. The van der Waals surface area contributed by atoms with Gasteiger partial charge in [-0.05, 0) is 18.2 Å². The molecule has 2 rings (SSSR count). The van der Waals surface area contributed by atoms with E-state index in [0.717, 1.165) is 11.0 Å². The molecule has 0 atom stereocenters. The van der Waals surface area contributed by atoms with E-state index in [1.807, 2.05) is 30.3 Å². The summed E-state index contributed by atoms with van der Waals surface area (Å²) in [6, 6.07) is 14.6. The van der Waals surface area contributed by atoms with Gasteiger partial charge in [-0.1, -0.05) is 24.3 Å². The average molecular weight is 403 g/mol. The van der Waals surface area contributed by atoms with E-state index in [1.54, 1.807) is 0 Å². The average Bonchev–Trinajstić information content (AvgIpc) is 2.71. The number of amides is 2. The lowest BCUT2D eigenvalue weighted by Crippen LogP contribution is -2.43. The highest BCUT2D eigenvalue weighted by Crippen LogP contribution is 2.17. The van der Waals surface area contributed by atoms with Crippen LogP contribution in [0, 0.1) is 10.1 Å². The molecule has 0 unspecified atom stereocenters. The maximum Gasteiger partial charge on any atom is 0.307 e. The summed E-state index contributed by atoms with van der Waals surface area (Å²) in [6.45, 7) is -0.552. The Labute approximate surface area is 164 Å². The van der Waals surface area contributed by atoms with Gasteiger partial charge >= 0.3 is 5.97 Å². The normalized spacial score (nSPS) is 10.0.